The molecular formula is C13H15NO3S. The van der Waals surface area contributed by atoms with Gasteiger partial charge in [0.25, 0.3) is 0 Å². The van der Waals surface area contributed by atoms with Crippen LogP contribution in [-0.2, 0) is 9.59 Å². The summed E-state index contributed by atoms with van der Waals surface area (Å²) in [6.07, 6.45) is 1.61. The minimum Gasteiger partial charge on any atom is -0.481 e. The fraction of sp³-hybridized carbons (Fsp3) is 0.231. The number of anilines is 1. The third-order valence-electron chi connectivity index (χ3n) is 2.08. The molecule has 4 nitrogen and oxygen atoms in total. The number of carboxylic acids is 1. The number of hydrogen-bond acceptors (Lipinski definition) is 3. The van der Waals surface area contributed by atoms with Crippen molar-refractivity contribution in [2.45, 2.75) is 17.7 Å². The maximum absolute atomic E-state index is 11.5. The molecule has 0 saturated heterocycles. The van der Waals surface area contributed by atoms with Crippen molar-refractivity contribution in [2.24, 2.45) is 0 Å². The largest absolute Gasteiger partial charge is 0.481 e. The second kappa shape index (κ2) is 7.55. The molecule has 1 aromatic rings. The highest BCUT2D eigenvalue weighted by Gasteiger charge is 2.08. The lowest BCUT2D eigenvalue weighted by molar-refractivity contribution is -0.138. The molecule has 0 atom stereocenters. The van der Waals surface area contributed by atoms with Gasteiger partial charge in [-0.2, -0.15) is 0 Å². The Labute approximate surface area is 110 Å². The Morgan fingerprint density at radius 1 is 1.33 bits per heavy atom. The number of amides is 1. The molecule has 0 unspecified atom stereocenters. The van der Waals surface area contributed by atoms with E-state index in [9.17, 15) is 9.59 Å². The van der Waals surface area contributed by atoms with Crippen molar-refractivity contribution in [1.82, 2.24) is 0 Å². The first-order valence-corrected chi connectivity index (χ1v) is 6.46. The first kappa shape index (κ1) is 14.3. The van der Waals surface area contributed by atoms with Crippen LogP contribution in [0.3, 0.4) is 0 Å². The van der Waals surface area contributed by atoms with Crippen LogP contribution in [0, 0.1) is 0 Å². The van der Waals surface area contributed by atoms with Gasteiger partial charge in [-0.1, -0.05) is 18.2 Å². The number of rotatable bonds is 7. The van der Waals surface area contributed by atoms with Gasteiger partial charge in [-0.05, 0) is 12.1 Å². The molecule has 1 aromatic carbocycles. The second-order valence-corrected chi connectivity index (χ2v) is 4.60. The van der Waals surface area contributed by atoms with E-state index < -0.39 is 5.97 Å². The van der Waals surface area contributed by atoms with Crippen molar-refractivity contribution in [2.75, 3.05) is 11.1 Å². The zero-order valence-corrected chi connectivity index (χ0v) is 10.7. The zero-order valence-electron chi connectivity index (χ0n) is 9.89. The highest BCUT2D eigenvalue weighted by molar-refractivity contribution is 7.99. The van der Waals surface area contributed by atoms with E-state index in [-0.39, 0.29) is 18.7 Å². The zero-order chi connectivity index (χ0) is 13.4. The number of para-hydroxylation sites is 1. The van der Waals surface area contributed by atoms with Gasteiger partial charge in [-0.3, -0.25) is 9.59 Å². The van der Waals surface area contributed by atoms with Gasteiger partial charge < -0.3 is 10.4 Å². The van der Waals surface area contributed by atoms with E-state index in [2.05, 4.69) is 11.9 Å². The summed E-state index contributed by atoms with van der Waals surface area (Å²) in [5.74, 6) is -0.509. The summed E-state index contributed by atoms with van der Waals surface area (Å²) in [5.41, 5.74) is 0.708. The van der Waals surface area contributed by atoms with Gasteiger partial charge in [-0.15, -0.1) is 18.3 Å². The summed E-state index contributed by atoms with van der Waals surface area (Å²) in [4.78, 5) is 22.9. The summed E-state index contributed by atoms with van der Waals surface area (Å²) in [6.45, 7) is 3.64. The van der Waals surface area contributed by atoms with Gasteiger partial charge in [-0.25, -0.2) is 0 Å². The van der Waals surface area contributed by atoms with E-state index in [4.69, 9.17) is 5.11 Å². The predicted octanol–water partition coefficient (Wildman–Crippen LogP) is 2.77. The maximum atomic E-state index is 11.5. The molecule has 0 bridgehead atoms. The molecule has 1 rings (SSSR count). The normalized spacial score (nSPS) is 9.78. The fourth-order valence-corrected chi connectivity index (χ4v) is 2.02. The van der Waals surface area contributed by atoms with E-state index in [1.807, 2.05) is 18.2 Å². The van der Waals surface area contributed by atoms with Crippen molar-refractivity contribution in [1.29, 1.82) is 0 Å². The summed E-state index contributed by atoms with van der Waals surface area (Å²) < 4.78 is 0. The Kier molecular flexibility index (Phi) is 6.00. The Balaban J connectivity index is 2.62. The molecule has 0 aromatic heterocycles. The molecule has 0 spiro atoms. The average molecular weight is 265 g/mol. The first-order chi connectivity index (χ1) is 8.63. The number of nitrogens with one attached hydrogen (secondary N) is 1. The maximum Gasteiger partial charge on any atom is 0.303 e. The first-order valence-electron chi connectivity index (χ1n) is 5.48. The third kappa shape index (κ3) is 5.05. The quantitative estimate of drug-likeness (QED) is 0.587. The number of hydrogen-bond donors (Lipinski definition) is 2. The van der Waals surface area contributed by atoms with Crippen LogP contribution in [0.2, 0.25) is 0 Å². The van der Waals surface area contributed by atoms with Crippen LogP contribution in [0.4, 0.5) is 5.69 Å². The summed E-state index contributed by atoms with van der Waals surface area (Å²) in [5, 5.41) is 11.2. The Bertz CT molecular complexity index is 446. The molecule has 0 aliphatic rings. The van der Waals surface area contributed by atoms with Crippen LogP contribution >= 0.6 is 11.8 Å². The molecule has 0 fully saturated rings. The predicted molar refractivity (Wildman–Crippen MR) is 72.9 cm³/mol. The van der Waals surface area contributed by atoms with Crippen LogP contribution in [0.15, 0.2) is 41.8 Å². The molecule has 5 heteroatoms. The molecule has 2 N–H and O–H groups in total. The fourth-order valence-electron chi connectivity index (χ4n) is 1.28. The molecule has 0 aliphatic heterocycles. The number of aliphatic carboxylic acids is 1. The number of carbonyl (C=O) groups is 2. The van der Waals surface area contributed by atoms with Crippen LogP contribution in [0.5, 0.6) is 0 Å². The van der Waals surface area contributed by atoms with E-state index in [1.165, 1.54) is 0 Å². The number of carboxylic acid groups (broad SMARTS) is 1. The molecule has 0 heterocycles. The van der Waals surface area contributed by atoms with Crippen molar-refractivity contribution < 1.29 is 14.7 Å². The number of thioether (sulfide) groups is 1. The SMILES string of the molecule is C=CCSc1ccccc1NC(=O)CCC(=O)O. The topological polar surface area (TPSA) is 66.4 Å². The minimum atomic E-state index is -0.973. The molecular weight excluding hydrogens is 250 g/mol. The van der Waals surface area contributed by atoms with Crippen molar-refractivity contribution >= 4 is 29.3 Å². The molecule has 18 heavy (non-hydrogen) atoms. The van der Waals surface area contributed by atoms with Gasteiger partial charge in [0.05, 0.1) is 12.1 Å². The van der Waals surface area contributed by atoms with Gasteiger partial charge >= 0.3 is 5.97 Å². The van der Waals surface area contributed by atoms with Gasteiger partial charge in [0, 0.05) is 17.1 Å². The van der Waals surface area contributed by atoms with E-state index in [0.717, 1.165) is 10.6 Å². The number of carbonyl (C=O) groups excluding carboxylic acids is 1. The van der Waals surface area contributed by atoms with E-state index in [1.54, 1.807) is 23.9 Å². The van der Waals surface area contributed by atoms with E-state index in [0.29, 0.717) is 5.69 Å². The average Bonchev–Trinajstić information content (AvgIpc) is 2.35. The minimum absolute atomic E-state index is 0.0181. The lowest BCUT2D eigenvalue weighted by Gasteiger charge is -2.09. The van der Waals surface area contributed by atoms with Gasteiger partial charge in [0.15, 0.2) is 0 Å². The van der Waals surface area contributed by atoms with Crippen molar-refractivity contribution in [3.05, 3.63) is 36.9 Å². The lowest BCUT2D eigenvalue weighted by atomic mass is 10.2. The van der Waals surface area contributed by atoms with Crippen LogP contribution in [-0.4, -0.2) is 22.7 Å². The highest BCUT2D eigenvalue weighted by atomic mass is 32.2. The van der Waals surface area contributed by atoms with Crippen molar-refractivity contribution in [3.8, 4) is 0 Å². The second-order valence-electron chi connectivity index (χ2n) is 3.54. The van der Waals surface area contributed by atoms with E-state index >= 15 is 0 Å². The van der Waals surface area contributed by atoms with Crippen molar-refractivity contribution in [3.63, 3.8) is 0 Å². The Morgan fingerprint density at radius 2 is 2.06 bits per heavy atom. The third-order valence-corrected chi connectivity index (χ3v) is 3.15. The van der Waals surface area contributed by atoms with Crippen LogP contribution in [0.25, 0.3) is 0 Å². The van der Waals surface area contributed by atoms with Gasteiger partial charge in [0.1, 0.15) is 0 Å². The summed E-state index contributed by atoms with van der Waals surface area (Å²) >= 11 is 1.56. The Hall–Kier alpha value is -1.75. The molecule has 0 aliphatic carbocycles. The van der Waals surface area contributed by atoms with Crippen LogP contribution in [0.1, 0.15) is 12.8 Å². The smallest absolute Gasteiger partial charge is 0.303 e. The lowest BCUT2D eigenvalue weighted by Crippen LogP contribution is -2.13. The highest BCUT2D eigenvalue weighted by Crippen LogP contribution is 2.26. The summed E-state index contributed by atoms with van der Waals surface area (Å²) in [7, 11) is 0. The summed E-state index contributed by atoms with van der Waals surface area (Å²) in [6, 6.07) is 7.41. The number of benzene rings is 1. The Morgan fingerprint density at radius 3 is 2.72 bits per heavy atom. The standard InChI is InChI=1S/C13H15NO3S/c1-2-9-18-11-6-4-3-5-10(11)14-12(15)7-8-13(16)17/h2-6H,1,7-9H2,(H,14,15)(H,16,17). The van der Waals surface area contributed by atoms with Crippen LogP contribution < -0.4 is 5.32 Å². The monoisotopic (exact) mass is 265 g/mol. The molecule has 96 valence electrons. The van der Waals surface area contributed by atoms with Gasteiger partial charge in [0.2, 0.25) is 5.91 Å². The molecule has 0 saturated carbocycles. The molecule has 1 amide bonds. The molecule has 0 radical (unpaired) electrons.